The van der Waals surface area contributed by atoms with Gasteiger partial charge in [-0.3, -0.25) is 14.5 Å². The average molecular weight is 369 g/mol. The lowest BCUT2D eigenvalue weighted by molar-refractivity contribution is -0.119. The van der Waals surface area contributed by atoms with Gasteiger partial charge >= 0.3 is 0 Å². The summed E-state index contributed by atoms with van der Waals surface area (Å²) < 4.78 is 0. The van der Waals surface area contributed by atoms with E-state index >= 15 is 0 Å². The zero-order valence-electron chi connectivity index (χ0n) is 14.7. The third kappa shape index (κ3) is 4.39. The molecule has 0 spiro atoms. The first-order chi connectivity index (χ1) is 12.7. The number of para-hydroxylation sites is 1. The van der Waals surface area contributed by atoms with Crippen molar-refractivity contribution < 1.29 is 9.59 Å². The highest BCUT2D eigenvalue weighted by atomic mass is 32.1. The molecule has 6 heteroatoms. The molecule has 2 amide bonds. The number of piperazine rings is 1. The number of hydrogen-bond donors (Lipinski definition) is 0. The number of carbonyl (C=O) groups is 2. The largest absolute Gasteiger partial charge is 0.335 e. The van der Waals surface area contributed by atoms with Crippen LogP contribution in [0.4, 0.5) is 5.69 Å². The number of thiophene rings is 1. The topological polar surface area (TPSA) is 43.9 Å². The molecule has 1 aliphatic rings. The van der Waals surface area contributed by atoms with E-state index in [1.54, 1.807) is 11.0 Å². The number of nitrogens with zero attached hydrogens (tertiary/aromatic N) is 3. The number of hydrogen-bond acceptors (Lipinski definition) is 4. The van der Waals surface area contributed by atoms with Gasteiger partial charge in [0.25, 0.3) is 5.91 Å². The molecule has 2 aromatic rings. The van der Waals surface area contributed by atoms with Gasteiger partial charge in [0.05, 0.1) is 11.4 Å². The second kappa shape index (κ2) is 8.78. The van der Waals surface area contributed by atoms with Crippen LogP contribution in [0.5, 0.6) is 0 Å². The highest BCUT2D eigenvalue weighted by Crippen LogP contribution is 2.16. The summed E-state index contributed by atoms with van der Waals surface area (Å²) in [5, 5.41) is 1.92. The van der Waals surface area contributed by atoms with Crippen molar-refractivity contribution in [3.63, 3.8) is 0 Å². The SMILES string of the molecule is C=CCN(C(=O)CN1CCN(C(=O)c2cccs2)CC1)c1ccccc1. The Hall–Kier alpha value is -2.44. The fraction of sp³-hybridized carbons (Fsp3) is 0.300. The molecule has 3 rings (SSSR count). The Morgan fingerprint density at radius 3 is 2.42 bits per heavy atom. The van der Waals surface area contributed by atoms with E-state index in [2.05, 4.69) is 11.5 Å². The Balaban J connectivity index is 1.55. The summed E-state index contributed by atoms with van der Waals surface area (Å²) in [4.78, 5) is 31.7. The van der Waals surface area contributed by atoms with Gasteiger partial charge in [-0.25, -0.2) is 0 Å². The predicted molar refractivity (Wildman–Crippen MR) is 106 cm³/mol. The number of rotatable bonds is 6. The number of amides is 2. The molecule has 1 aromatic heterocycles. The summed E-state index contributed by atoms with van der Waals surface area (Å²) in [6.45, 7) is 7.31. The van der Waals surface area contributed by atoms with E-state index in [1.807, 2.05) is 52.7 Å². The van der Waals surface area contributed by atoms with Gasteiger partial charge in [-0.05, 0) is 23.6 Å². The highest BCUT2D eigenvalue weighted by Gasteiger charge is 2.25. The average Bonchev–Trinajstić information content (AvgIpc) is 3.21. The number of anilines is 1. The molecule has 1 saturated heterocycles. The molecule has 1 aromatic carbocycles. The molecule has 0 atom stereocenters. The van der Waals surface area contributed by atoms with Crippen LogP contribution in [0.25, 0.3) is 0 Å². The van der Waals surface area contributed by atoms with Crippen molar-refractivity contribution in [3.8, 4) is 0 Å². The summed E-state index contributed by atoms with van der Waals surface area (Å²) in [6.07, 6.45) is 1.74. The Morgan fingerprint density at radius 1 is 1.08 bits per heavy atom. The van der Waals surface area contributed by atoms with Gasteiger partial charge < -0.3 is 9.80 Å². The Morgan fingerprint density at radius 2 is 1.81 bits per heavy atom. The molecule has 1 fully saturated rings. The molecule has 0 radical (unpaired) electrons. The van der Waals surface area contributed by atoms with Gasteiger partial charge in [-0.1, -0.05) is 30.3 Å². The minimum Gasteiger partial charge on any atom is -0.335 e. The number of carbonyl (C=O) groups excluding carboxylic acids is 2. The number of benzene rings is 1. The standard InChI is InChI=1S/C20H23N3O2S/c1-2-10-23(17-7-4-3-5-8-17)19(24)16-21-11-13-22(14-12-21)20(25)18-9-6-15-26-18/h2-9,15H,1,10-14,16H2. The van der Waals surface area contributed by atoms with Crippen LogP contribution in [0.3, 0.4) is 0 Å². The van der Waals surface area contributed by atoms with Crippen molar-refractivity contribution in [2.24, 2.45) is 0 Å². The van der Waals surface area contributed by atoms with Gasteiger partial charge in [0.2, 0.25) is 5.91 Å². The van der Waals surface area contributed by atoms with Crippen LogP contribution in [-0.2, 0) is 4.79 Å². The van der Waals surface area contributed by atoms with Crippen molar-refractivity contribution in [1.82, 2.24) is 9.80 Å². The first kappa shape index (κ1) is 18.4. The Bertz CT molecular complexity index is 738. The van der Waals surface area contributed by atoms with E-state index in [1.165, 1.54) is 11.3 Å². The molecule has 0 N–H and O–H groups in total. The van der Waals surface area contributed by atoms with E-state index in [4.69, 9.17) is 0 Å². The van der Waals surface area contributed by atoms with Crippen LogP contribution in [0.2, 0.25) is 0 Å². The van der Waals surface area contributed by atoms with Crippen LogP contribution in [0.1, 0.15) is 9.67 Å². The Labute approximate surface area is 158 Å². The molecule has 0 unspecified atom stereocenters. The lowest BCUT2D eigenvalue weighted by Gasteiger charge is -2.35. The molecule has 5 nitrogen and oxygen atoms in total. The molecule has 26 heavy (non-hydrogen) atoms. The van der Waals surface area contributed by atoms with Gasteiger partial charge in [-0.15, -0.1) is 17.9 Å². The maximum atomic E-state index is 12.8. The quantitative estimate of drug-likeness (QED) is 0.736. The molecule has 136 valence electrons. The molecular weight excluding hydrogens is 346 g/mol. The molecule has 0 saturated carbocycles. The lowest BCUT2D eigenvalue weighted by Crippen LogP contribution is -2.51. The van der Waals surface area contributed by atoms with Crippen LogP contribution in [0.15, 0.2) is 60.5 Å². The molecule has 0 aliphatic carbocycles. The fourth-order valence-corrected chi connectivity index (χ4v) is 3.72. The van der Waals surface area contributed by atoms with Crippen LogP contribution in [0, 0.1) is 0 Å². The Kier molecular flexibility index (Phi) is 6.20. The smallest absolute Gasteiger partial charge is 0.264 e. The van der Waals surface area contributed by atoms with Crippen molar-refractivity contribution in [2.75, 3.05) is 44.2 Å². The minimum atomic E-state index is 0.0501. The maximum Gasteiger partial charge on any atom is 0.264 e. The van der Waals surface area contributed by atoms with Crippen LogP contribution < -0.4 is 4.90 Å². The van der Waals surface area contributed by atoms with Crippen LogP contribution in [-0.4, -0.2) is 60.9 Å². The second-order valence-corrected chi connectivity index (χ2v) is 7.12. The zero-order chi connectivity index (χ0) is 18.4. The fourth-order valence-electron chi connectivity index (χ4n) is 3.03. The molecule has 2 heterocycles. The maximum absolute atomic E-state index is 12.8. The summed E-state index contributed by atoms with van der Waals surface area (Å²) in [7, 11) is 0. The lowest BCUT2D eigenvalue weighted by atomic mass is 10.2. The van der Waals surface area contributed by atoms with Gasteiger partial charge in [0.1, 0.15) is 0 Å². The van der Waals surface area contributed by atoms with Gasteiger partial charge in [0.15, 0.2) is 0 Å². The third-order valence-corrected chi connectivity index (χ3v) is 5.29. The molecular formula is C20H23N3O2S. The second-order valence-electron chi connectivity index (χ2n) is 6.17. The van der Waals surface area contributed by atoms with Crippen molar-refractivity contribution in [2.45, 2.75) is 0 Å². The third-order valence-electron chi connectivity index (χ3n) is 4.43. The minimum absolute atomic E-state index is 0.0501. The van der Waals surface area contributed by atoms with Crippen molar-refractivity contribution in [3.05, 3.63) is 65.4 Å². The first-order valence-corrected chi connectivity index (χ1v) is 9.58. The molecule has 1 aliphatic heterocycles. The summed E-state index contributed by atoms with van der Waals surface area (Å²) >= 11 is 1.47. The monoisotopic (exact) mass is 369 g/mol. The van der Waals surface area contributed by atoms with Crippen molar-refractivity contribution in [1.29, 1.82) is 0 Å². The van der Waals surface area contributed by atoms with Crippen molar-refractivity contribution >= 4 is 28.8 Å². The summed E-state index contributed by atoms with van der Waals surface area (Å²) in [6, 6.07) is 13.4. The highest BCUT2D eigenvalue weighted by molar-refractivity contribution is 7.12. The van der Waals surface area contributed by atoms with Gasteiger partial charge in [-0.2, -0.15) is 0 Å². The summed E-state index contributed by atoms with van der Waals surface area (Å²) in [5.74, 6) is 0.137. The van der Waals surface area contributed by atoms with Crippen LogP contribution >= 0.6 is 11.3 Å². The predicted octanol–water partition coefficient (Wildman–Crippen LogP) is 2.73. The normalized spacial score (nSPS) is 14.8. The summed E-state index contributed by atoms with van der Waals surface area (Å²) in [5.41, 5.74) is 0.879. The van der Waals surface area contributed by atoms with Gasteiger partial charge in [0, 0.05) is 38.4 Å². The molecule has 0 bridgehead atoms. The van der Waals surface area contributed by atoms with E-state index < -0.39 is 0 Å². The van der Waals surface area contributed by atoms with E-state index in [0.717, 1.165) is 10.6 Å². The van der Waals surface area contributed by atoms with E-state index in [9.17, 15) is 9.59 Å². The first-order valence-electron chi connectivity index (χ1n) is 8.70. The van der Waals surface area contributed by atoms with E-state index in [-0.39, 0.29) is 11.8 Å². The van der Waals surface area contributed by atoms with E-state index in [0.29, 0.717) is 39.3 Å². The zero-order valence-corrected chi connectivity index (χ0v) is 15.5.